The third-order valence-electron chi connectivity index (χ3n) is 6.36. The van der Waals surface area contributed by atoms with Crippen molar-refractivity contribution in [2.75, 3.05) is 19.7 Å². The Bertz CT molecular complexity index is 549. The minimum Gasteiger partial charge on any atom is -0.375 e. The fraction of sp³-hybridized carbons (Fsp3) is 0.900. The van der Waals surface area contributed by atoms with Crippen LogP contribution in [-0.2, 0) is 9.53 Å². The molecule has 0 aromatic heterocycles. The van der Waals surface area contributed by atoms with Gasteiger partial charge in [0.2, 0.25) is 5.91 Å². The summed E-state index contributed by atoms with van der Waals surface area (Å²) in [5.74, 6) is 0.650. The maximum Gasteiger partial charge on any atom is 0.318 e. The van der Waals surface area contributed by atoms with E-state index in [2.05, 4.69) is 10.2 Å². The molecule has 0 aromatic carbocycles. The number of amides is 3. The SMILES string of the molecule is CC(C)NC(=O)N(C1CC1)C1CCOC2(CCN(C(=O)C3CC3)CC2)C1. The molecule has 4 rings (SSSR count). The quantitative estimate of drug-likeness (QED) is 0.835. The van der Waals surface area contributed by atoms with E-state index < -0.39 is 0 Å². The van der Waals surface area contributed by atoms with Crippen LogP contribution in [0.15, 0.2) is 0 Å². The second-order valence-corrected chi connectivity index (χ2v) is 9.02. The van der Waals surface area contributed by atoms with E-state index in [4.69, 9.17) is 4.74 Å². The lowest BCUT2D eigenvalue weighted by atomic mass is 9.81. The Hall–Kier alpha value is -1.30. The van der Waals surface area contributed by atoms with Gasteiger partial charge in [-0.15, -0.1) is 0 Å². The van der Waals surface area contributed by atoms with Gasteiger partial charge in [-0.2, -0.15) is 0 Å². The van der Waals surface area contributed by atoms with Crippen molar-refractivity contribution in [3.63, 3.8) is 0 Å². The van der Waals surface area contributed by atoms with Gasteiger partial charge in [0.05, 0.1) is 5.60 Å². The Kier molecular flexibility index (Phi) is 4.88. The Labute approximate surface area is 156 Å². The molecule has 0 bridgehead atoms. The van der Waals surface area contributed by atoms with Crippen LogP contribution < -0.4 is 5.32 Å². The molecule has 26 heavy (non-hydrogen) atoms. The van der Waals surface area contributed by atoms with Gasteiger partial charge in [-0.1, -0.05) is 0 Å². The fourth-order valence-electron chi connectivity index (χ4n) is 4.61. The Morgan fingerprint density at radius 3 is 2.35 bits per heavy atom. The molecule has 2 aliphatic heterocycles. The van der Waals surface area contributed by atoms with Gasteiger partial charge < -0.3 is 19.9 Å². The second kappa shape index (κ2) is 7.02. The van der Waals surface area contributed by atoms with Gasteiger partial charge in [-0.05, 0) is 65.2 Å². The first kappa shape index (κ1) is 18.1. The van der Waals surface area contributed by atoms with Gasteiger partial charge in [0.1, 0.15) is 0 Å². The van der Waals surface area contributed by atoms with Crippen LogP contribution in [0.25, 0.3) is 0 Å². The van der Waals surface area contributed by atoms with Crippen LogP contribution in [0.1, 0.15) is 65.2 Å². The Balaban J connectivity index is 1.38. The molecule has 2 saturated carbocycles. The summed E-state index contributed by atoms with van der Waals surface area (Å²) in [6.45, 7) is 6.37. The van der Waals surface area contributed by atoms with E-state index in [0.29, 0.717) is 17.9 Å². The van der Waals surface area contributed by atoms with E-state index >= 15 is 0 Å². The van der Waals surface area contributed by atoms with Crippen molar-refractivity contribution in [3.05, 3.63) is 0 Å². The van der Waals surface area contributed by atoms with Gasteiger partial charge in [0.15, 0.2) is 0 Å². The maximum atomic E-state index is 12.7. The van der Waals surface area contributed by atoms with E-state index in [-0.39, 0.29) is 23.7 Å². The van der Waals surface area contributed by atoms with Gasteiger partial charge in [0, 0.05) is 43.7 Å². The first-order valence-electron chi connectivity index (χ1n) is 10.5. The van der Waals surface area contributed by atoms with Crippen molar-refractivity contribution in [2.24, 2.45) is 5.92 Å². The topological polar surface area (TPSA) is 61.9 Å². The summed E-state index contributed by atoms with van der Waals surface area (Å²) >= 11 is 0. The van der Waals surface area contributed by atoms with E-state index in [1.54, 1.807) is 0 Å². The van der Waals surface area contributed by atoms with Gasteiger partial charge in [-0.3, -0.25) is 4.79 Å². The number of rotatable bonds is 4. The van der Waals surface area contributed by atoms with Crippen molar-refractivity contribution < 1.29 is 14.3 Å². The molecule has 0 radical (unpaired) electrons. The van der Waals surface area contributed by atoms with Crippen molar-refractivity contribution >= 4 is 11.9 Å². The average molecular weight is 364 g/mol. The van der Waals surface area contributed by atoms with E-state index in [0.717, 1.165) is 71.1 Å². The second-order valence-electron chi connectivity index (χ2n) is 9.02. The molecule has 1 spiro atoms. The van der Waals surface area contributed by atoms with Crippen LogP contribution in [0.2, 0.25) is 0 Å². The first-order chi connectivity index (χ1) is 12.5. The molecule has 4 aliphatic rings. The first-order valence-corrected chi connectivity index (χ1v) is 10.5. The fourth-order valence-corrected chi connectivity index (χ4v) is 4.61. The van der Waals surface area contributed by atoms with E-state index in [1.165, 1.54) is 0 Å². The highest BCUT2D eigenvalue weighted by Gasteiger charge is 2.47. The number of hydrogen-bond donors (Lipinski definition) is 1. The summed E-state index contributed by atoms with van der Waals surface area (Å²) in [6, 6.07) is 0.922. The molecule has 1 N–H and O–H groups in total. The molecule has 1 atom stereocenters. The largest absolute Gasteiger partial charge is 0.375 e. The van der Waals surface area contributed by atoms with Crippen LogP contribution in [0.5, 0.6) is 0 Å². The van der Waals surface area contributed by atoms with Crippen LogP contribution in [0, 0.1) is 5.92 Å². The molecular formula is C20H33N3O3. The molecule has 146 valence electrons. The molecule has 2 saturated heterocycles. The molecular weight excluding hydrogens is 330 g/mol. The minimum atomic E-state index is -0.144. The Morgan fingerprint density at radius 2 is 1.77 bits per heavy atom. The van der Waals surface area contributed by atoms with Gasteiger partial charge in [-0.25, -0.2) is 4.79 Å². The highest BCUT2D eigenvalue weighted by molar-refractivity contribution is 5.81. The molecule has 6 heteroatoms. The molecule has 1 unspecified atom stereocenters. The summed E-state index contributed by atoms with van der Waals surface area (Å²) in [4.78, 5) is 29.2. The van der Waals surface area contributed by atoms with Crippen LogP contribution in [0.3, 0.4) is 0 Å². The molecule has 6 nitrogen and oxygen atoms in total. The van der Waals surface area contributed by atoms with E-state index in [1.807, 2.05) is 18.7 Å². The summed E-state index contributed by atoms with van der Waals surface area (Å²) in [5, 5.41) is 3.09. The number of carbonyl (C=O) groups is 2. The number of likely N-dealkylation sites (tertiary alicyclic amines) is 1. The van der Waals surface area contributed by atoms with Gasteiger partial charge in [0.25, 0.3) is 0 Å². The lowest BCUT2D eigenvalue weighted by Crippen LogP contribution is -2.57. The van der Waals surface area contributed by atoms with Crippen molar-refractivity contribution in [1.82, 2.24) is 15.1 Å². The minimum absolute atomic E-state index is 0.0888. The lowest BCUT2D eigenvalue weighted by Gasteiger charge is -2.48. The van der Waals surface area contributed by atoms with Crippen molar-refractivity contribution in [1.29, 1.82) is 0 Å². The maximum absolute atomic E-state index is 12.7. The Morgan fingerprint density at radius 1 is 1.08 bits per heavy atom. The number of urea groups is 1. The highest BCUT2D eigenvalue weighted by atomic mass is 16.5. The number of piperidine rings is 1. The van der Waals surface area contributed by atoms with Crippen LogP contribution in [0.4, 0.5) is 4.79 Å². The van der Waals surface area contributed by atoms with Crippen LogP contribution >= 0.6 is 0 Å². The normalized spacial score (nSPS) is 28.3. The van der Waals surface area contributed by atoms with Crippen molar-refractivity contribution in [3.8, 4) is 0 Å². The monoisotopic (exact) mass is 363 g/mol. The average Bonchev–Trinajstić information content (AvgIpc) is 3.48. The third-order valence-corrected chi connectivity index (χ3v) is 6.36. The summed E-state index contributed by atoms with van der Waals surface area (Å²) in [5.41, 5.74) is -0.144. The predicted octanol–water partition coefficient (Wildman–Crippen LogP) is 2.52. The highest BCUT2D eigenvalue weighted by Crippen LogP contribution is 2.41. The lowest BCUT2D eigenvalue weighted by molar-refractivity contribution is -0.148. The van der Waals surface area contributed by atoms with Crippen LogP contribution in [-0.4, -0.2) is 65.2 Å². The number of ether oxygens (including phenoxy) is 1. The van der Waals surface area contributed by atoms with Crippen molar-refractivity contribution in [2.45, 2.75) is 88.9 Å². The van der Waals surface area contributed by atoms with E-state index in [9.17, 15) is 9.59 Å². The number of nitrogens with zero attached hydrogens (tertiary/aromatic N) is 2. The molecule has 2 aliphatic carbocycles. The third kappa shape index (κ3) is 3.85. The summed E-state index contributed by atoms with van der Waals surface area (Å²) in [7, 11) is 0. The molecule has 3 amide bonds. The molecule has 4 fully saturated rings. The number of nitrogens with one attached hydrogen (secondary N) is 1. The zero-order valence-electron chi connectivity index (χ0n) is 16.2. The predicted molar refractivity (Wildman–Crippen MR) is 98.8 cm³/mol. The van der Waals surface area contributed by atoms with Gasteiger partial charge >= 0.3 is 6.03 Å². The zero-order chi connectivity index (χ0) is 18.3. The number of carbonyl (C=O) groups excluding carboxylic acids is 2. The summed E-state index contributed by atoms with van der Waals surface area (Å²) < 4.78 is 6.26. The standard InChI is InChI=1S/C20H33N3O3/c1-14(2)21-19(25)23(16-5-6-16)17-7-12-26-20(13-17)8-10-22(11-9-20)18(24)15-3-4-15/h14-17H,3-13H2,1-2H3,(H,21,25). The number of hydrogen-bond acceptors (Lipinski definition) is 3. The zero-order valence-corrected chi connectivity index (χ0v) is 16.2. The smallest absolute Gasteiger partial charge is 0.318 e. The molecule has 0 aromatic rings. The molecule has 2 heterocycles. The summed E-state index contributed by atoms with van der Waals surface area (Å²) in [6.07, 6.45) is 8.05.